The van der Waals surface area contributed by atoms with Crippen molar-refractivity contribution in [3.63, 3.8) is 0 Å². The van der Waals surface area contributed by atoms with Crippen molar-refractivity contribution in [1.82, 2.24) is 0 Å². The number of benzene rings is 1. The second-order valence-electron chi connectivity index (χ2n) is 3.03. The molecule has 1 heterocycles. The summed E-state index contributed by atoms with van der Waals surface area (Å²) in [5, 5.41) is 3.25. The lowest BCUT2D eigenvalue weighted by atomic mass is 10.1. The fraction of sp³-hybridized carbons (Fsp3) is 0.200. The van der Waals surface area contributed by atoms with Crippen LogP contribution in [0.5, 0.6) is 0 Å². The van der Waals surface area contributed by atoms with Crippen molar-refractivity contribution in [3.05, 3.63) is 23.1 Å². The van der Waals surface area contributed by atoms with Crippen LogP contribution >= 0.6 is 24.0 Å². The van der Waals surface area contributed by atoms with Gasteiger partial charge in [0.05, 0.1) is 0 Å². The highest BCUT2D eigenvalue weighted by Crippen LogP contribution is 2.33. The van der Waals surface area contributed by atoms with E-state index in [4.69, 9.17) is 5.73 Å². The Morgan fingerprint density at radius 1 is 1.46 bits per heavy atom. The summed E-state index contributed by atoms with van der Waals surface area (Å²) in [5.41, 5.74) is 7.95. The first-order valence-corrected chi connectivity index (χ1v) is 5.53. The number of aryl methyl sites for hydroxylation is 1. The van der Waals surface area contributed by atoms with Crippen molar-refractivity contribution in [3.8, 4) is 0 Å². The van der Waals surface area contributed by atoms with Crippen LogP contribution in [-0.4, -0.2) is 0 Å². The predicted molar refractivity (Wildman–Crippen MR) is 62.9 cm³/mol. The molecule has 0 aliphatic rings. The largest absolute Gasteiger partial charge is 0.399 e. The van der Waals surface area contributed by atoms with Crippen LogP contribution in [0.25, 0.3) is 10.1 Å². The fourth-order valence-electron chi connectivity index (χ4n) is 1.48. The van der Waals surface area contributed by atoms with Gasteiger partial charge in [0.2, 0.25) is 0 Å². The normalized spacial score (nSPS) is 10.9. The van der Waals surface area contributed by atoms with Gasteiger partial charge in [0, 0.05) is 26.0 Å². The molecule has 0 radical (unpaired) electrons. The molecule has 0 spiro atoms. The average molecular weight is 209 g/mol. The van der Waals surface area contributed by atoms with Crippen LogP contribution < -0.4 is 5.73 Å². The molecule has 3 heteroatoms. The highest BCUT2D eigenvalue weighted by Gasteiger charge is 2.05. The molecule has 0 saturated carbocycles. The molecule has 2 aromatic rings. The third kappa shape index (κ3) is 1.42. The summed E-state index contributed by atoms with van der Waals surface area (Å²) < 4.78 is 1.32. The first kappa shape index (κ1) is 8.91. The minimum Gasteiger partial charge on any atom is -0.399 e. The molecular formula is C10H11NS2. The van der Waals surface area contributed by atoms with Crippen LogP contribution in [0.1, 0.15) is 12.5 Å². The molecule has 0 fully saturated rings. The number of thiol groups is 1. The molecule has 0 amide bonds. The summed E-state index contributed by atoms with van der Waals surface area (Å²) in [6.45, 7) is 2.14. The maximum absolute atomic E-state index is 5.80. The van der Waals surface area contributed by atoms with Crippen molar-refractivity contribution < 1.29 is 0 Å². The Kier molecular flexibility index (Phi) is 2.22. The van der Waals surface area contributed by atoms with Gasteiger partial charge < -0.3 is 5.73 Å². The summed E-state index contributed by atoms with van der Waals surface area (Å²) in [6.07, 6.45) is 1.02. The highest BCUT2D eigenvalue weighted by atomic mass is 32.1. The standard InChI is InChI=1S/C10H11NS2/c1-2-6-3-7(11)4-8-9(12)5-13-10(6)8/h3-5,12H,2,11H2,1H3. The average Bonchev–Trinajstić information content (AvgIpc) is 2.47. The van der Waals surface area contributed by atoms with Gasteiger partial charge in [-0.1, -0.05) is 6.92 Å². The van der Waals surface area contributed by atoms with Gasteiger partial charge in [-0.15, -0.1) is 24.0 Å². The summed E-state index contributed by atoms with van der Waals surface area (Å²) in [5.74, 6) is 0. The fourth-order valence-corrected chi connectivity index (χ4v) is 2.90. The van der Waals surface area contributed by atoms with Gasteiger partial charge in [0.15, 0.2) is 0 Å². The summed E-state index contributed by atoms with van der Waals surface area (Å²) >= 11 is 6.13. The molecule has 13 heavy (non-hydrogen) atoms. The van der Waals surface area contributed by atoms with Crippen molar-refractivity contribution in [2.24, 2.45) is 0 Å². The van der Waals surface area contributed by atoms with Gasteiger partial charge in [-0.25, -0.2) is 0 Å². The third-order valence-electron chi connectivity index (χ3n) is 2.13. The number of nitrogen functional groups attached to an aromatic ring is 1. The molecule has 0 unspecified atom stereocenters. The Bertz CT molecular complexity index is 445. The number of thiophene rings is 1. The molecule has 0 aliphatic heterocycles. The molecule has 1 aromatic carbocycles. The van der Waals surface area contributed by atoms with Crippen LogP contribution in [0.2, 0.25) is 0 Å². The summed E-state index contributed by atoms with van der Waals surface area (Å²) in [4.78, 5) is 1.03. The van der Waals surface area contributed by atoms with Crippen LogP contribution in [0.3, 0.4) is 0 Å². The van der Waals surface area contributed by atoms with E-state index >= 15 is 0 Å². The number of fused-ring (bicyclic) bond motifs is 1. The number of nitrogens with two attached hydrogens (primary N) is 1. The zero-order valence-corrected chi connectivity index (χ0v) is 9.08. The quantitative estimate of drug-likeness (QED) is 0.547. The van der Waals surface area contributed by atoms with E-state index in [0.29, 0.717) is 0 Å². The zero-order chi connectivity index (χ0) is 9.42. The van der Waals surface area contributed by atoms with E-state index in [0.717, 1.165) is 17.0 Å². The van der Waals surface area contributed by atoms with Crippen LogP contribution in [0.4, 0.5) is 5.69 Å². The molecule has 0 atom stereocenters. The molecule has 1 aromatic heterocycles. The van der Waals surface area contributed by atoms with E-state index < -0.39 is 0 Å². The maximum Gasteiger partial charge on any atom is 0.0387 e. The van der Waals surface area contributed by atoms with Gasteiger partial charge in [0.1, 0.15) is 0 Å². The van der Waals surface area contributed by atoms with E-state index in [-0.39, 0.29) is 0 Å². The third-order valence-corrected chi connectivity index (χ3v) is 3.75. The van der Waals surface area contributed by atoms with Crippen LogP contribution in [-0.2, 0) is 6.42 Å². The lowest BCUT2D eigenvalue weighted by Crippen LogP contribution is -1.87. The predicted octanol–water partition coefficient (Wildman–Crippen LogP) is 3.33. The topological polar surface area (TPSA) is 26.0 Å². The van der Waals surface area contributed by atoms with Gasteiger partial charge in [-0.05, 0) is 24.1 Å². The monoisotopic (exact) mass is 209 g/mol. The zero-order valence-electron chi connectivity index (χ0n) is 7.37. The minimum absolute atomic E-state index is 0.832. The van der Waals surface area contributed by atoms with E-state index in [1.54, 1.807) is 11.3 Å². The molecule has 2 N–H and O–H groups in total. The first-order valence-electron chi connectivity index (χ1n) is 4.21. The number of hydrogen-bond acceptors (Lipinski definition) is 3. The molecule has 0 saturated heterocycles. The molecule has 0 bridgehead atoms. The van der Waals surface area contributed by atoms with E-state index in [1.807, 2.05) is 12.1 Å². The number of hydrogen-bond donors (Lipinski definition) is 2. The van der Waals surface area contributed by atoms with Crippen LogP contribution in [0.15, 0.2) is 22.4 Å². The molecule has 68 valence electrons. The van der Waals surface area contributed by atoms with Crippen molar-refractivity contribution >= 4 is 39.7 Å². The second kappa shape index (κ2) is 3.24. The Morgan fingerprint density at radius 3 is 2.92 bits per heavy atom. The first-order chi connectivity index (χ1) is 6.22. The Balaban J connectivity index is 2.84. The molecule has 2 rings (SSSR count). The molecular weight excluding hydrogens is 198 g/mol. The SMILES string of the molecule is CCc1cc(N)cc2c(S)csc12. The molecule has 1 nitrogen and oxygen atoms in total. The summed E-state index contributed by atoms with van der Waals surface area (Å²) in [7, 11) is 0. The van der Waals surface area contributed by atoms with E-state index in [9.17, 15) is 0 Å². The van der Waals surface area contributed by atoms with Crippen molar-refractivity contribution in [1.29, 1.82) is 0 Å². The number of anilines is 1. The highest BCUT2D eigenvalue weighted by molar-refractivity contribution is 7.80. The van der Waals surface area contributed by atoms with Gasteiger partial charge in [-0.3, -0.25) is 0 Å². The Morgan fingerprint density at radius 2 is 2.23 bits per heavy atom. The minimum atomic E-state index is 0.832. The van der Waals surface area contributed by atoms with Gasteiger partial charge in [-0.2, -0.15) is 0 Å². The van der Waals surface area contributed by atoms with E-state index in [1.165, 1.54) is 15.6 Å². The number of rotatable bonds is 1. The van der Waals surface area contributed by atoms with E-state index in [2.05, 4.69) is 24.9 Å². The lowest BCUT2D eigenvalue weighted by molar-refractivity contribution is 1.16. The summed E-state index contributed by atoms with van der Waals surface area (Å²) in [6, 6.07) is 4.04. The maximum atomic E-state index is 5.80. The second-order valence-corrected chi connectivity index (χ2v) is 4.39. The Hall–Kier alpha value is -0.670. The van der Waals surface area contributed by atoms with Crippen LogP contribution in [0, 0.1) is 0 Å². The van der Waals surface area contributed by atoms with Gasteiger partial charge >= 0.3 is 0 Å². The van der Waals surface area contributed by atoms with Crippen molar-refractivity contribution in [2.75, 3.05) is 5.73 Å². The van der Waals surface area contributed by atoms with Gasteiger partial charge in [0.25, 0.3) is 0 Å². The smallest absolute Gasteiger partial charge is 0.0387 e. The Labute approximate surface area is 87.0 Å². The lowest BCUT2D eigenvalue weighted by Gasteiger charge is -2.01. The van der Waals surface area contributed by atoms with Crippen molar-refractivity contribution in [2.45, 2.75) is 18.2 Å². The molecule has 0 aliphatic carbocycles.